The highest BCUT2D eigenvalue weighted by Gasteiger charge is 2.09. The molecule has 0 unspecified atom stereocenters. The van der Waals surface area contributed by atoms with Gasteiger partial charge in [0.15, 0.2) is 0 Å². The lowest BCUT2D eigenvalue weighted by atomic mass is 10.0. The maximum Gasteiger partial charge on any atom is 0.138 e. The molecule has 3 rings (SSSR count). The number of furan rings is 1. The Hall–Kier alpha value is -2.06. The number of fused-ring (bicyclic) bond motifs is 1. The number of para-hydroxylation sites is 1. The quantitative estimate of drug-likeness (QED) is 0.721. The Morgan fingerprint density at radius 3 is 2.53 bits per heavy atom. The summed E-state index contributed by atoms with van der Waals surface area (Å²) in [4.78, 5) is 0. The van der Waals surface area contributed by atoms with Crippen LogP contribution in [-0.2, 0) is 6.54 Å². The van der Waals surface area contributed by atoms with E-state index in [-0.39, 0.29) is 0 Å². The van der Waals surface area contributed by atoms with E-state index in [0.717, 1.165) is 22.1 Å². The molecule has 84 valence electrons. The van der Waals surface area contributed by atoms with Crippen LogP contribution in [0.4, 0.5) is 0 Å². The molecule has 1 aromatic heterocycles. The monoisotopic (exact) mass is 223 g/mol. The maximum absolute atomic E-state index is 5.70. The van der Waals surface area contributed by atoms with Gasteiger partial charge in [-0.2, -0.15) is 0 Å². The number of rotatable bonds is 2. The second kappa shape index (κ2) is 4.07. The maximum atomic E-state index is 5.70. The van der Waals surface area contributed by atoms with Gasteiger partial charge in [0, 0.05) is 23.1 Å². The van der Waals surface area contributed by atoms with Crippen molar-refractivity contribution in [3.63, 3.8) is 0 Å². The van der Waals surface area contributed by atoms with Crippen LogP contribution < -0.4 is 5.73 Å². The molecule has 0 radical (unpaired) electrons. The molecule has 0 aliphatic rings. The van der Waals surface area contributed by atoms with Crippen LogP contribution in [0, 0.1) is 0 Å². The molecule has 2 nitrogen and oxygen atoms in total. The second-order valence-electron chi connectivity index (χ2n) is 4.01. The van der Waals surface area contributed by atoms with E-state index in [1.54, 1.807) is 6.26 Å². The second-order valence-corrected chi connectivity index (χ2v) is 4.01. The van der Waals surface area contributed by atoms with Gasteiger partial charge in [0.2, 0.25) is 0 Å². The first-order chi connectivity index (χ1) is 8.40. The number of hydrogen-bond donors (Lipinski definition) is 1. The van der Waals surface area contributed by atoms with E-state index in [0.29, 0.717) is 6.54 Å². The van der Waals surface area contributed by atoms with Gasteiger partial charge in [-0.1, -0.05) is 48.5 Å². The Bertz CT molecular complexity index is 640. The van der Waals surface area contributed by atoms with Crippen LogP contribution in [0.15, 0.2) is 59.2 Å². The minimum absolute atomic E-state index is 0.499. The van der Waals surface area contributed by atoms with Crippen LogP contribution in [0.25, 0.3) is 22.1 Å². The van der Waals surface area contributed by atoms with Gasteiger partial charge in [0.1, 0.15) is 5.58 Å². The van der Waals surface area contributed by atoms with E-state index < -0.39 is 0 Å². The van der Waals surface area contributed by atoms with Crippen LogP contribution in [0.5, 0.6) is 0 Å². The van der Waals surface area contributed by atoms with Crippen molar-refractivity contribution in [1.82, 2.24) is 0 Å². The van der Waals surface area contributed by atoms with E-state index in [4.69, 9.17) is 10.2 Å². The predicted octanol–water partition coefficient (Wildman–Crippen LogP) is 3.56. The molecule has 0 fully saturated rings. The minimum Gasteiger partial charge on any atom is -0.463 e. The van der Waals surface area contributed by atoms with E-state index >= 15 is 0 Å². The van der Waals surface area contributed by atoms with Gasteiger partial charge >= 0.3 is 0 Å². The normalized spacial score (nSPS) is 10.9. The molecule has 0 aliphatic carbocycles. The third-order valence-electron chi connectivity index (χ3n) is 2.99. The fourth-order valence-corrected chi connectivity index (χ4v) is 2.12. The van der Waals surface area contributed by atoms with Crippen molar-refractivity contribution >= 4 is 11.0 Å². The zero-order valence-corrected chi connectivity index (χ0v) is 9.39. The summed E-state index contributed by atoms with van der Waals surface area (Å²) in [7, 11) is 0. The van der Waals surface area contributed by atoms with Gasteiger partial charge in [-0.3, -0.25) is 0 Å². The minimum atomic E-state index is 0.499. The van der Waals surface area contributed by atoms with Gasteiger partial charge in [-0.25, -0.2) is 0 Å². The molecule has 0 saturated carbocycles. The third kappa shape index (κ3) is 1.63. The summed E-state index contributed by atoms with van der Waals surface area (Å²) in [5, 5.41) is 1.12. The lowest BCUT2D eigenvalue weighted by Crippen LogP contribution is -1.95. The Kier molecular flexibility index (Phi) is 2.42. The molecular formula is C15H13NO. The standard InChI is InChI=1S/C15H13NO/c16-9-12-7-4-8-13-14(10-17-15(12)13)11-5-2-1-3-6-11/h1-8,10H,9,16H2. The lowest BCUT2D eigenvalue weighted by Gasteiger charge is -1.99. The van der Waals surface area contributed by atoms with E-state index in [2.05, 4.69) is 18.2 Å². The highest BCUT2D eigenvalue weighted by atomic mass is 16.3. The average molecular weight is 223 g/mol. The van der Waals surface area contributed by atoms with E-state index in [1.807, 2.05) is 30.3 Å². The molecule has 0 saturated heterocycles. The van der Waals surface area contributed by atoms with Crippen molar-refractivity contribution in [2.75, 3.05) is 0 Å². The van der Waals surface area contributed by atoms with E-state index in [1.165, 1.54) is 5.56 Å². The van der Waals surface area contributed by atoms with Gasteiger partial charge in [0.25, 0.3) is 0 Å². The van der Waals surface area contributed by atoms with Crippen LogP contribution in [-0.4, -0.2) is 0 Å². The Morgan fingerprint density at radius 1 is 0.941 bits per heavy atom. The Balaban J connectivity index is 2.26. The molecule has 0 spiro atoms. The van der Waals surface area contributed by atoms with Gasteiger partial charge in [0.05, 0.1) is 6.26 Å². The molecule has 0 bridgehead atoms. The molecule has 2 heteroatoms. The van der Waals surface area contributed by atoms with Crippen LogP contribution in [0.2, 0.25) is 0 Å². The highest BCUT2D eigenvalue weighted by molar-refractivity contribution is 5.95. The molecule has 0 amide bonds. The van der Waals surface area contributed by atoms with Crippen LogP contribution in [0.1, 0.15) is 5.56 Å². The average Bonchev–Trinajstić information content (AvgIpc) is 2.83. The van der Waals surface area contributed by atoms with Crippen molar-refractivity contribution < 1.29 is 4.42 Å². The highest BCUT2D eigenvalue weighted by Crippen LogP contribution is 2.31. The van der Waals surface area contributed by atoms with Gasteiger partial charge in [-0.15, -0.1) is 0 Å². The number of nitrogens with two attached hydrogens (primary N) is 1. The zero-order chi connectivity index (χ0) is 11.7. The Labute approximate surface area is 99.7 Å². The molecule has 0 atom stereocenters. The van der Waals surface area contributed by atoms with Crippen molar-refractivity contribution in [3.8, 4) is 11.1 Å². The van der Waals surface area contributed by atoms with Crippen molar-refractivity contribution in [1.29, 1.82) is 0 Å². The molecule has 3 aromatic rings. The van der Waals surface area contributed by atoms with Crippen LogP contribution >= 0.6 is 0 Å². The van der Waals surface area contributed by atoms with Crippen molar-refractivity contribution in [2.45, 2.75) is 6.54 Å². The van der Waals surface area contributed by atoms with Crippen LogP contribution in [0.3, 0.4) is 0 Å². The molecule has 2 aromatic carbocycles. The van der Waals surface area contributed by atoms with Crippen molar-refractivity contribution in [3.05, 3.63) is 60.4 Å². The molecule has 2 N–H and O–H groups in total. The summed E-state index contributed by atoms with van der Waals surface area (Å²) in [5.41, 5.74) is 9.94. The summed E-state index contributed by atoms with van der Waals surface area (Å²) in [6, 6.07) is 16.3. The fraction of sp³-hybridized carbons (Fsp3) is 0.0667. The molecule has 0 aliphatic heterocycles. The first-order valence-electron chi connectivity index (χ1n) is 5.65. The lowest BCUT2D eigenvalue weighted by molar-refractivity contribution is 0.612. The number of hydrogen-bond acceptors (Lipinski definition) is 2. The topological polar surface area (TPSA) is 39.2 Å². The molecular weight excluding hydrogens is 210 g/mol. The summed E-state index contributed by atoms with van der Waals surface area (Å²) < 4.78 is 5.65. The predicted molar refractivity (Wildman–Crippen MR) is 69.5 cm³/mol. The van der Waals surface area contributed by atoms with E-state index in [9.17, 15) is 0 Å². The van der Waals surface area contributed by atoms with Gasteiger partial charge in [-0.05, 0) is 5.56 Å². The summed E-state index contributed by atoms with van der Waals surface area (Å²) in [6.07, 6.45) is 1.80. The smallest absolute Gasteiger partial charge is 0.138 e. The number of benzene rings is 2. The summed E-state index contributed by atoms with van der Waals surface area (Å²) >= 11 is 0. The van der Waals surface area contributed by atoms with Gasteiger partial charge < -0.3 is 10.2 Å². The Morgan fingerprint density at radius 2 is 1.76 bits per heavy atom. The largest absolute Gasteiger partial charge is 0.463 e. The summed E-state index contributed by atoms with van der Waals surface area (Å²) in [5.74, 6) is 0. The SMILES string of the molecule is NCc1cccc2c(-c3ccccc3)coc12. The molecule has 1 heterocycles. The first-order valence-corrected chi connectivity index (χ1v) is 5.65. The molecule has 17 heavy (non-hydrogen) atoms. The fourth-order valence-electron chi connectivity index (χ4n) is 2.12. The summed E-state index contributed by atoms with van der Waals surface area (Å²) in [6.45, 7) is 0.499. The first kappa shape index (κ1) is 10.1. The zero-order valence-electron chi connectivity index (χ0n) is 9.39. The van der Waals surface area contributed by atoms with Crippen molar-refractivity contribution in [2.24, 2.45) is 5.73 Å². The third-order valence-corrected chi connectivity index (χ3v) is 2.99.